The summed E-state index contributed by atoms with van der Waals surface area (Å²) in [6, 6.07) is 18.9. The van der Waals surface area contributed by atoms with Crippen LogP contribution in [0.4, 0.5) is 0 Å². The van der Waals surface area contributed by atoms with E-state index < -0.39 is 0 Å². The minimum absolute atomic E-state index is 0.157. The molecule has 2 aromatic carbocycles. The van der Waals surface area contributed by atoms with E-state index in [0.29, 0.717) is 31.6 Å². The number of carbonyl (C=O) groups excluding carboxylic acids is 1. The molecule has 4 rings (SSSR count). The molecule has 0 aliphatic carbocycles. The molecule has 0 unspecified atom stereocenters. The predicted octanol–water partition coefficient (Wildman–Crippen LogP) is 5.86. The Bertz CT molecular complexity index is 1150. The van der Waals surface area contributed by atoms with Crippen molar-refractivity contribution in [2.45, 2.75) is 17.5 Å². The van der Waals surface area contributed by atoms with Crippen molar-refractivity contribution in [3.8, 4) is 5.69 Å². The first-order valence-corrected chi connectivity index (χ1v) is 11.6. The van der Waals surface area contributed by atoms with Gasteiger partial charge in [-0.3, -0.25) is 9.36 Å². The molecule has 2 aromatic heterocycles. The summed E-state index contributed by atoms with van der Waals surface area (Å²) >= 11 is 15.6. The van der Waals surface area contributed by atoms with Crippen LogP contribution < -0.4 is 5.32 Å². The second-order valence-electron chi connectivity index (χ2n) is 6.26. The highest BCUT2D eigenvalue weighted by Gasteiger charge is 2.18. The third-order valence-corrected chi connectivity index (χ3v) is 6.64. The van der Waals surface area contributed by atoms with E-state index in [4.69, 9.17) is 23.2 Å². The second kappa shape index (κ2) is 9.66. The minimum Gasteiger partial charge on any atom is -0.344 e. The van der Waals surface area contributed by atoms with Crippen molar-refractivity contribution in [3.63, 3.8) is 0 Å². The third-order valence-electron chi connectivity index (χ3n) is 4.21. The van der Waals surface area contributed by atoms with Crippen molar-refractivity contribution < 1.29 is 4.79 Å². The molecule has 0 radical (unpaired) electrons. The fourth-order valence-corrected chi connectivity index (χ4v) is 4.71. The zero-order valence-electron chi connectivity index (χ0n) is 15.6. The number of thiophene rings is 1. The molecular weight excluding hydrogens is 459 g/mol. The van der Waals surface area contributed by atoms with Crippen molar-refractivity contribution in [1.82, 2.24) is 20.1 Å². The Morgan fingerprint density at radius 3 is 2.67 bits per heavy atom. The van der Waals surface area contributed by atoms with Crippen LogP contribution >= 0.6 is 46.3 Å². The van der Waals surface area contributed by atoms with Crippen molar-refractivity contribution in [3.05, 3.63) is 92.4 Å². The lowest BCUT2D eigenvalue weighted by molar-refractivity contribution is 0.0953. The Labute approximate surface area is 192 Å². The van der Waals surface area contributed by atoms with Gasteiger partial charge in [0, 0.05) is 10.8 Å². The number of hydrogen-bond donors (Lipinski definition) is 1. The van der Waals surface area contributed by atoms with E-state index in [1.54, 1.807) is 24.3 Å². The quantitative estimate of drug-likeness (QED) is 0.340. The zero-order chi connectivity index (χ0) is 20.9. The highest BCUT2D eigenvalue weighted by atomic mass is 35.5. The number of amides is 1. The maximum absolute atomic E-state index is 12.4. The third kappa shape index (κ3) is 4.87. The smallest absolute Gasteiger partial charge is 0.261 e. The van der Waals surface area contributed by atoms with Crippen LogP contribution in [0.5, 0.6) is 0 Å². The number of carbonyl (C=O) groups is 1. The lowest BCUT2D eigenvalue weighted by Gasteiger charge is -2.13. The van der Waals surface area contributed by atoms with E-state index in [1.165, 1.54) is 28.7 Å². The number of benzene rings is 2. The van der Waals surface area contributed by atoms with E-state index in [2.05, 4.69) is 27.6 Å². The second-order valence-corrected chi connectivity index (χ2v) is 9.00. The summed E-state index contributed by atoms with van der Waals surface area (Å²) in [4.78, 5) is 13.0. The molecule has 1 N–H and O–H groups in total. The summed E-state index contributed by atoms with van der Waals surface area (Å²) in [5.74, 6) is 1.13. The van der Waals surface area contributed by atoms with Crippen molar-refractivity contribution in [2.75, 3.05) is 0 Å². The Morgan fingerprint density at radius 1 is 1.07 bits per heavy atom. The van der Waals surface area contributed by atoms with Gasteiger partial charge in [0.15, 0.2) is 11.0 Å². The molecular formula is C21H16Cl2N4OS2. The van der Waals surface area contributed by atoms with Gasteiger partial charge >= 0.3 is 0 Å². The van der Waals surface area contributed by atoms with Gasteiger partial charge in [0.1, 0.15) is 0 Å². The molecule has 9 heteroatoms. The van der Waals surface area contributed by atoms with Gasteiger partial charge in [-0.1, -0.05) is 71.4 Å². The zero-order valence-corrected chi connectivity index (χ0v) is 18.7. The van der Waals surface area contributed by atoms with Gasteiger partial charge in [-0.15, -0.1) is 21.5 Å². The fourth-order valence-electron chi connectivity index (χ4n) is 2.78. The van der Waals surface area contributed by atoms with E-state index in [9.17, 15) is 4.79 Å². The first kappa shape index (κ1) is 20.9. The molecule has 152 valence electrons. The first-order chi connectivity index (χ1) is 14.6. The number of thioether (sulfide) groups is 1. The Hall–Kier alpha value is -2.32. The molecule has 5 nitrogen and oxygen atoms in total. The molecule has 0 spiro atoms. The normalized spacial score (nSPS) is 10.9. The number of halogens is 2. The number of nitrogens with zero attached hydrogens (tertiary/aromatic N) is 3. The van der Waals surface area contributed by atoms with E-state index in [-0.39, 0.29) is 12.5 Å². The standard InChI is InChI=1S/C21H16Cl2N4OS2/c22-15-8-9-16(23)17(11-15)27-19(12-24-20(28)18-7-4-10-29-18)25-26-21(27)30-13-14-5-2-1-3-6-14/h1-11H,12-13H2,(H,24,28). The molecule has 4 aromatic rings. The number of aromatic nitrogens is 3. The van der Waals surface area contributed by atoms with Gasteiger partial charge in [0.2, 0.25) is 0 Å². The van der Waals surface area contributed by atoms with Crippen molar-refractivity contribution in [1.29, 1.82) is 0 Å². The molecule has 0 aliphatic rings. The van der Waals surface area contributed by atoms with Crippen LogP contribution in [0.15, 0.2) is 71.2 Å². The predicted molar refractivity (Wildman–Crippen MR) is 123 cm³/mol. The lowest BCUT2D eigenvalue weighted by Crippen LogP contribution is -2.24. The Balaban J connectivity index is 1.63. The van der Waals surface area contributed by atoms with Gasteiger partial charge in [-0.25, -0.2) is 0 Å². The first-order valence-electron chi connectivity index (χ1n) is 9.00. The molecule has 0 bridgehead atoms. The average Bonchev–Trinajstić information content (AvgIpc) is 3.43. The summed E-state index contributed by atoms with van der Waals surface area (Å²) in [6.45, 7) is 0.207. The molecule has 0 saturated heterocycles. The van der Waals surface area contributed by atoms with Gasteiger partial charge < -0.3 is 5.32 Å². The maximum Gasteiger partial charge on any atom is 0.261 e. The van der Waals surface area contributed by atoms with E-state index in [1.807, 2.05) is 34.2 Å². The van der Waals surface area contributed by atoms with Gasteiger partial charge in [-0.2, -0.15) is 0 Å². The summed E-state index contributed by atoms with van der Waals surface area (Å²) in [5.41, 5.74) is 1.84. The van der Waals surface area contributed by atoms with Crippen LogP contribution in [0.3, 0.4) is 0 Å². The number of rotatable bonds is 7. The van der Waals surface area contributed by atoms with Crippen LogP contribution in [0.25, 0.3) is 5.69 Å². The van der Waals surface area contributed by atoms with Gasteiger partial charge in [-0.05, 0) is 35.2 Å². The summed E-state index contributed by atoms with van der Waals surface area (Å²) in [6.07, 6.45) is 0. The highest BCUT2D eigenvalue weighted by molar-refractivity contribution is 7.98. The Morgan fingerprint density at radius 2 is 1.90 bits per heavy atom. The maximum atomic E-state index is 12.4. The summed E-state index contributed by atoms with van der Waals surface area (Å²) < 4.78 is 1.84. The van der Waals surface area contributed by atoms with Crippen LogP contribution in [0.1, 0.15) is 21.1 Å². The van der Waals surface area contributed by atoms with Crippen molar-refractivity contribution >= 4 is 52.2 Å². The van der Waals surface area contributed by atoms with Crippen LogP contribution in [-0.4, -0.2) is 20.7 Å². The topological polar surface area (TPSA) is 59.8 Å². The highest BCUT2D eigenvalue weighted by Crippen LogP contribution is 2.31. The number of nitrogens with one attached hydrogen (secondary N) is 1. The monoisotopic (exact) mass is 474 g/mol. The molecule has 1 amide bonds. The SMILES string of the molecule is O=C(NCc1nnc(SCc2ccccc2)n1-c1cc(Cl)ccc1Cl)c1cccs1. The van der Waals surface area contributed by atoms with Crippen molar-refractivity contribution in [2.24, 2.45) is 0 Å². The van der Waals surface area contributed by atoms with E-state index >= 15 is 0 Å². The molecule has 0 saturated carbocycles. The largest absolute Gasteiger partial charge is 0.344 e. The Kier molecular flexibility index (Phi) is 6.74. The van der Waals surface area contributed by atoms with Gasteiger partial charge in [0.25, 0.3) is 5.91 Å². The van der Waals surface area contributed by atoms with Gasteiger partial charge in [0.05, 0.1) is 22.1 Å². The molecule has 30 heavy (non-hydrogen) atoms. The molecule has 2 heterocycles. The fraction of sp³-hybridized carbons (Fsp3) is 0.0952. The average molecular weight is 475 g/mol. The lowest BCUT2D eigenvalue weighted by atomic mass is 10.2. The number of hydrogen-bond acceptors (Lipinski definition) is 5. The summed E-state index contributed by atoms with van der Waals surface area (Å²) in [7, 11) is 0. The van der Waals surface area contributed by atoms with E-state index in [0.717, 1.165) is 5.75 Å². The molecule has 0 fully saturated rings. The van der Waals surface area contributed by atoms with Crippen LogP contribution in [0, 0.1) is 0 Å². The van der Waals surface area contributed by atoms with Crippen LogP contribution in [0.2, 0.25) is 10.0 Å². The minimum atomic E-state index is -0.157. The molecule has 0 aliphatic heterocycles. The molecule has 0 atom stereocenters. The summed E-state index contributed by atoms with van der Waals surface area (Å²) in [5, 5.41) is 15.2. The van der Waals surface area contributed by atoms with Crippen LogP contribution in [-0.2, 0) is 12.3 Å².